The number of aliphatic carboxylic acids is 1. The molecule has 2 aromatic rings. The number of para-hydroxylation sites is 1. The number of thioether (sulfide) groups is 1. The number of rotatable bonds is 7. The molecular weight excluding hydrogens is 356 g/mol. The summed E-state index contributed by atoms with van der Waals surface area (Å²) in [5.41, 5.74) is -0.0497. The van der Waals surface area contributed by atoms with E-state index in [-0.39, 0.29) is 35.4 Å². The van der Waals surface area contributed by atoms with Crippen molar-refractivity contribution in [2.75, 3.05) is 11.1 Å². The number of nitrogens with one attached hydrogen (secondary N) is 2. The zero-order chi connectivity index (χ0) is 17.5. The second-order valence-corrected chi connectivity index (χ2v) is 5.97. The molecule has 0 fully saturated rings. The summed E-state index contributed by atoms with van der Waals surface area (Å²) in [6.45, 7) is 0. The van der Waals surface area contributed by atoms with Crippen LogP contribution in [0.4, 0.5) is 5.69 Å². The summed E-state index contributed by atoms with van der Waals surface area (Å²) in [6, 6.07) is 6.80. The van der Waals surface area contributed by atoms with Crippen molar-refractivity contribution >= 4 is 40.9 Å². The normalized spacial score (nSPS) is 10.4. The molecule has 1 aromatic carbocycles. The van der Waals surface area contributed by atoms with E-state index >= 15 is 0 Å². The van der Waals surface area contributed by atoms with E-state index < -0.39 is 11.5 Å². The molecule has 126 valence electrons. The number of nitrogens with zero attached hydrogens (tertiary/aromatic N) is 2. The number of benzene rings is 1. The van der Waals surface area contributed by atoms with Gasteiger partial charge in [-0.2, -0.15) is 0 Å². The summed E-state index contributed by atoms with van der Waals surface area (Å²) in [5.74, 6) is -1.60. The number of aromatic amines is 1. The molecule has 0 aliphatic heterocycles. The van der Waals surface area contributed by atoms with E-state index in [9.17, 15) is 19.5 Å². The largest absolute Gasteiger partial charge is 0.550 e. The van der Waals surface area contributed by atoms with Crippen molar-refractivity contribution in [3.05, 3.63) is 45.3 Å². The lowest BCUT2D eigenvalue weighted by Gasteiger charge is -2.06. The molecular formula is C14H12ClN4O4S-. The summed E-state index contributed by atoms with van der Waals surface area (Å²) in [4.78, 5) is 36.4. The number of H-pyrrole nitrogens is 1. The van der Waals surface area contributed by atoms with Crippen LogP contribution in [-0.2, 0) is 16.0 Å². The molecule has 0 saturated carbocycles. The first-order chi connectivity index (χ1) is 11.5. The SMILES string of the molecule is O=C([O-])CCc1nnc(SCC(=O)Nc2ccccc2Cl)[nH]c1=O. The number of aryl methyl sites for hydroxylation is 1. The minimum absolute atomic E-state index is 0.00377. The fourth-order valence-corrected chi connectivity index (χ4v) is 2.46. The maximum Gasteiger partial charge on any atom is 0.273 e. The van der Waals surface area contributed by atoms with Crippen LogP contribution in [0, 0.1) is 0 Å². The van der Waals surface area contributed by atoms with E-state index in [1.165, 1.54) is 0 Å². The third kappa shape index (κ3) is 5.36. The number of anilines is 1. The standard InChI is InChI=1S/C14H13ClN4O4S/c15-8-3-1-2-4-9(8)16-11(20)7-24-14-17-13(23)10(18-19-14)5-6-12(21)22/h1-4H,5-7H2,(H,16,20)(H,21,22)(H,17,19,23)/p-1. The molecule has 1 amide bonds. The van der Waals surface area contributed by atoms with Gasteiger partial charge in [-0.15, -0.1) is 10.2 Å². The molecule has 0 spiro atoms. The van der Waals surface area contributed by atoms with Crippen LogP contribution in [0.5, 0.6) is 0 Å². The first-order valence-electron chi connectivity index (χ1n) is 6.78. The summed E-state index contributed by atoms with van der Waals surface area (Å²) in [5, 5.41) is 21.0. The van der Waals surface area contributed by atoms with Gasteiger partial charge in [0.05, 0.1) is 16.5 Å². The van der Waals surface area contributed by atoms with E-state index in [2.05, 4.69) is 20.5 Å². The molecule has 0 saturated heterocycles. The van der Waals surface area contributed by atoms with Gasteiger partial charge in [-0.3, -0.25) is 14.6 Å². The van der Waals surface area contributed by atoms with Gasteiger partial charge in [0, 0.05) is 12.4 Å². The number of halogens is 1. The Morgan fingerprint density at radius 3 is 2.71 bits per heavy atom. The molecule has 24 heavy (non-hydrogen) atoms. The number of aromatic nitrogens is 3. The smallest absolute Gasteiger partial charge is 0.273 e. The molecule has 0 aliphatic rings. The molecule has 0 radical (unpaired) electrons. The third-order valence-corrected chi connectivity index (χ3v) is 3.99. The Labute approximate surface area is 145 Å². The van der Waals surface area contributed by atoms with E-state index in [4.69, 9.17) is 11.6 Å². The minimum Gasteiger partial charge on any atom is -0.550 e. The molecule has 2 N–H and O–H groups in total. The number of carbonyl (C=O) groups excluding carboxylic acids is 2. The summed E-state index contributed by atoms with van der Waals surface area (Å²) >= 11 is 6.93. The highest BCUT2D eigenvalue weighted by Gasteiger charge is 2.09. The van der Waals surface area contributed by atoms with Crippen molar-refractivity contribution in [2.24, 2.45) is 0 Å². The lowest BCUT2D eigenvalue weighted by molar-refractivity contribution is -0.305. The van der Waals surface area contributed by atoms with E-state index in [0.29, 0.717) is 10.7 Å². The lowest BCUT2D eigenvalue weighted by Crippen LogP contribution is -2.25. The van der Waals surface area contributed by atoms with Crippen LogP contribution < -0.4 is 16.0 Å². The van der Waals surface area contributed by atoms with Gasteiger partial charge in [0.25, 0.3) is 5.56 Å². The van der Waals surface area contributed by atoms with Crippen LogP contribution in [-0.4, -0.2) is 32.8 Å². The van der Waals surface area contributed by atoms with Crippen LogP contribution in [0.25, 0.3) is 0 Å². The van der Waals surface area contributed by atoms with Crippen molar-refractivity contribution in [3.63, 3.8) is 0 Å². The van der Waals surface area contributed by atoms with Crippen LogP contribution in [0.1, 0.15) is 12.1 Å². The number of hydrogen-bond acceptors (Lipinski definition) is 7. The molecule has 0 aliphatic carbocycles. The Bertz CT molecular complexity index is 811. The molecule has 0 bridgehead atoms. The van der Waals surface area contributed by atoms with Gasteiger partial charge >= 0.3 is 0 Å². The highest BCUT2D eigenvalue weighted by atomic mass is 35.5. The fraction of sp³-hybridized carbons (Fsp3) is 0.214. The van der Waals surface area contributed by atoms with Crippen LogP contribution in [0.3, 0.4) is 0 Å². The number of amides is 1. The van der Waals surface area contributed by atoms with Gasteiger partial charge in [0.1, 0.15) is 5.69 Å². The summed E-state index contributed by atoms with van der Waals surface area (Å²) < 4.78 is 0. The second-order valence-electron chi connectivity index (χ2n) is 4.59. The maximum absolute atomic E-state index is 11.9. The molecule has 8 nitrogen and oxygen atoms in total. The number of carboxylic acid groups (broad SMARTS) is 1. The van der Waals surface area contributed by atoms with Crippen molar-refractivity contribution in [3.8, 4) is 0 Å². The number of carboxylic acids is 1. The topological polar surface area (TPSA) is 128 Å². The first kappa shape index (κ1) is 18.0. The highest BCUT2D eigenvalue weighted by molar-refractivity contribution is 7.99. The zero-order valence-corrected chi connectivity index (χ0v) is 13.8. The molecule has 2 rings (SSSR count). The predicted molar refractivity (Wildman–Crippen MR) is 86.8 cm³/mol. The second kappa shape index (κ2) is 8.46. The Hall–Kier alpha value is -2.39. The van der Waals surface area contributed by atoms with Gasteiger partial charge in [0.2, 0.25) is 5.91 Å². The summed E-state index contributed by atoms with van der Waals surface area (Å²) in [7, 11) is 0. The van der Waals surface area contributed by atoms with Crippen LogP contribution >= 0.6 is 23.4 Å². The Morgan fingerprint density at radius 1 is 1.29 bits per heavy atom. The Morgan fingerprint density at radius 2 is 2.04 bits per heavy atom. The molecule has 1 heterocycles. The number of carbonyl (C=O) groups is 2. The predicted octanol–water partition coefficient (Wildman–Crippen LogP) is 0.232. The first-order valence-corrected chi connectivity index (χ1v) is 8.15. The van der Waals surface area contributed by atoms with Crippen LogP contribution in [0.2, 0.25) is 5.02 Å². The lowest BCUT2D eigenvalue weighted by atomic mass is 10.2. The van der Waals surface area contributed by atoms with Gasteiger partial charge in [-0.25, -0.2) is 0 Å². The monoisotopic (exact) mass is 367 g/mol. The van der Waals surface area contributed by atoms with E-state index in [0.717, 1.165) is 11.8 Å². The molecule has 0 atom stereocenters. The van der Waals surface area contributed by atoms with Gasteiger partial charge in [0.15, 0.2) is 5.16 Å². The Kier molecular flexibility index (Phi) is 6.33. The maximum atomic E-state index is 11.9. The molecule has 0 unspecified atom stereocenters. The minimum atomic E-state index is -1.27. The third-order valence-electron chi connectivity index (χ3n) is 2.80. The Balaban J connectivity index is 1.91. The number of hydrogen-bond donors (Lipinski definition) is 2. The van der Waals surface area contributed by atoms with Gasteiger partial charge < -0.3 is 15.2 Å². The quantitative estimate of drug-likeness (QED) is 0.670. The van der Waals surface area contributed by atoms with Crippen molar-refractivity contribution < 1.29 is 14.7 Å². The average Bonchev–Trinajstić information content (AvgIpc) is 2.54. The fourth-order valence-electron chi connectivity index (χ4n) is 1.68. The van der Waals surface area contributed by atoms with Crippen molar-refractivity contribution in [2.45, 2.75) is 18.0 Å². The van der Waals surface area contributed by atoms with Crippen LogP contribution in [0.15, 0.2) is 34.2 Å². The average molecular weight is 368 g/mol. The van der Waals surface area contributed by atoms with E-state index in [1.54, 1.807) is 24.3 Å². The van der Waals surface area contributed by atoms with Gasteiger partial charge in [-0.05, 0) is 18.6 Å². The summed E-state index contributed by atoms with van der Waals surface area (Å²) in [6.07, 6.45) is -0.382. The van der Waals surface area contributed by atoms with Crippen molar-refractivity contribution in [1.29, 1.82) is 0 Å². The molecule has 10 heteroatoms. The highest BCUT2D eigenvalue weighted by Crippen LogP contribution is 2.21. The zero-order valence-electron chi connectivity index (χ0n) is 12.2. The van der Waals surface area contributed by atoms with E-state index in [1.807, 2.05) is 0 Å². The molecule has 1 aromatic heterocycles. The van der Waals surface area contributed by atoms with Crippen molar-refractivity contribution in [1.82, 2.24) is 15.2 Å². The van der Waals surface area contributed by atoms with Gasteiger partial charge in [-0.1, -0.05) is 35.5 Å².